The van der Waals surface area contributed by atoms with Crippen molar-refractivity contribution in [3.05, 3.63) is 92.5 Å². The Morgan fingerprint density at radius 1 is 0.810 bits per heavy atom. The highest BCUT2D eigenvalue weighted by Crippen LogP contribution is 2.38. The third kappa shape index (κ3) is 5.25. The fourth-order valence-electron chi connectivity index (χ4n) is 5.38. The molecule has 5 aliphatic rings. The number of hydrogen-bond acceptors (Lipinski definition) is 10. The van der Waals surface area contributed by atoms with Crippen LogP contribution in [0.3, 0.4) is 0 Å². The highest BCUT2D eigenvalue weighted by atomic mass is 16.5. The van der Waals surface area contributed by atoms with Gasteiger partial charge in [-0.1, -0.05) is 0 Å². The van der Waals surface area contributed by atoms with Crippen molar-refractivity contribution < 1.29 is 29.3 Å². The van der Waals surface area contributed by atoms with E-state index in [2.05, 4.69) is 5.32 Å². The smallest absolute Gasteiger partial charge is 0.305 e. The Kier molecular flexibility index (Phi) is 7.59. The van der Waals surface area contributed by atoms with Crippen LogP contribution in [0, 0.1) is 0 Å². The van der Waals surface area contributed by atoms with Gasteiger partial charge in [0, 0.05) is 12.8 Å². The molecular formula is C32H34N4O6. The van der Waals surface area contributed by atoms with Crippen LogP contribution < -0.4 is 5.32 Å². The van der Waals surface area contributed by atoms with Crippen LogP contribution in [0.1, 0.15) is 53.4 Å². The molecule has 0 unspecified atom stereocenters. The Labute approximate surface area is 244 Å². The van der Waals surface area contributed by atoms with Crippen LogP contribution in [0.5, 0.6) is 0 Å². The summed E-state index contributed by atoms with van der Waals surface area (Å²) in [6.07, 6.45) is 10.2. The molecule has 0 aromatic rings. The largest absolute Gasteiger partial charge is 0.507 e. The van der Waals surface area contributed by atoms with Crippen molar-refractivity contribution in [2.45, 2.75) is 59.0 Å². The van der Waals surface area contributed by atoms with Gasteiger partial charge in [-0.15, -0.1) is 0 Å². The van der Waals surface area contributed by atoms with Gasteiger partial charge in [0.2, 0.25) is 0 Å². The van der Waals surface area contributed by atoms with Gasteiger partial charge in [-0.05, 0) is 98.8 Å². The monoisotopic (exact) mass is 570 g/mol. The summed E-state index contributed by atoms with van der Waals surface area (Å²) in [5.74, 6) is -0.883. The lowest BCUT2D eigenvalue weighted by molar-refractivity contribution is -0.141. The van der Waals surface area contributed by atoms with E-state index in [9.17, 15) is 19.8 Å². The van der Waals surface area contributed by atoms with Gasteiger partial charge in [0.05, 0.1) is 59.8 Å². The lowest BCUT2D eigenvalue weighted by Gasteiger charge is -2.18. The molecule has 5 aliphatic heterocycles. The fraction of sp³-hybridized carbons (Fsp3) is 0.344. The van der Waals surface area contributed by atoms with Crippen LogP contribution in [0.15, 0.2) is 107 Å². The van der Waals surface area contributed by atoms with Crippen molar-refractivity contribution in [2.75, 3.05) is 14.2 Å². The number of carbonyl (C=O) groups excluding carboxylic acids is 2. The predicted octanol–water partition coefficient (Wildman–Crippen LogP) is 4.51. The van der Waals surface area contributed by atoms with Crippen molar-refractivity contribution in [3.8, 4) is 0 Å². The summed E-state index contributed by atoms with van der Waals surface area (Å²) >= 11 is 0. The normalized spacial score (nSPS) is 23.0. The van der Waals surface area contributed by atoms with E-state index < -0.39 is 5.60 Å². The molecule has 1 atom stereocenters. The first-order valence-corrected chi connectivity index (χ1v) is 13.7. The lowest BCUT2D eigenvalue weighted by atomic mass is 9.96. The maximum absolute atomic E-state index is 12.1. The molecule has 10 nitrogen and oxygen atoms in total. The molecule has 5 heterocycles. The zero-order valence-corrected chi connectivity index (χ0v) is 24.6. The van der Waals surface area contributed by atoms with Gasteiger partial charge in [0.25, 0.3) is 0 Å². The minimum absolute atomic E-state index is 0.156. The number of methoxy groups -OCH3 is 2. The molecule has 0 fully saturated rings. The molecule has 5 rings (SSSR count). The zero-order valence-electron chi connectivity index (χ0n) is 24.6. The average Bonchev–Trinajstić information content (AvgIpc) is 3.61. The summed E-state index contributed by atoms with van der Waals surface area (Å²) in [5.41, 5.74) is 7.23. The molecule has 3 N–H and O–H groups in total. The van der Waals surface area contributed by atoms with E-state index in [0.29, 0.717) is 58.5 Å². The summed E-state index contributed by atoms with van der Waals surface area (Å²) < 4.78 is 9.76. The third-order valence-electron chi connectivity index (χ3n) is 8.04. The van der Waals surface area contributed by atoms with Gasteiger partial charge in [0.15, 0.2) is 11.4 Å². The first-order chi connectivity index (χ1) is 19.9. The van der Waals surface area contributed by atoms with E-state index in [4.69, 9.17) is 24.5 Å². The lowest BCUT2D eigenvalue weighted by Crippen LogP contribution is -2.29. The second-order valence-corrected chi connectivity index (χ2v) is 10.8. The Bertz CT molecular complexity index is 1650. The number of rotatable bonds is 6. The summed E-state index contributed by atoms with van der Waals surface area (Å²) in [5, 5.41) is 25.4. The van der Waals surface area contributed by atoms with Gasteiger partial charge >= 0.3 is 11.9 Å². The maximum atomic E-state index is 12.1. The van der Waals surface area contributed by atoms with Gasteiger partial charge in [-0.2, -0.15) is 0 Å². The van der Waals surface area contributed by atoms with Gasteiger partial charge in [-0.3, -0.25) is 9.59 Å². The molecule has 0 radical (unpaired) electrons. The molecule has 0 saturated heterocycles. The average molecular weight is 571 g/mol. The second kappa shape index (κ2) is 11.0. The maximum Gasteiger partial charge on any atom is 0.305 e. The molecule has 218 valence electrons. The van der Waals surface area contributed by atoms with E-state index in [-0.39, 0.29) is 30.5 Å². The number of fused-ring (bicyclic) bond motifs is 5. The number of carbonyl (C=O) groups is 2. The zero-order chi connectivity index (χ0) is 30.3. The number of aliphatic imine (C=N–C) groups is 3. The molecule has 10 heteroatoms. The molecule has 0 aliphatic carbocycles. The van der Waals surface area contributed by atoms with Crippen molar-refractivity contribution in [1.82, 2.24) is 5.32 Å². The number of hydrogen-bond donors (Lipinski definition) is 3. The molecule has 42 heavy (non-hydrogen) atoms. The predicted molar refractivity (Wildman–Crippen MR) is 160 cm³/mol. The van der Waals surface area contributed by atoms with Crippen molar-refractivity contribution >= 4 is 29.1 Å². The first kappa shape index (κ1) is 28.9. The molecule has 0 aromatic heterocycles. The van der Waals surface area contributed by atoms with Crippen LogP contribution in [0.25, 0.3) is 0 Å². The second-order valence-electron chi connectivity index (χ2n) is 10.8. The standard InChI is InChI=1S/C32H34N4O6/c1-16-11-19-12-23-17(2)20(7-9-29(37)41-5)25(34-23)14-26-21(8-10-30(38)42-6)18(3)24(35-26)15-28-32(4,40)31(39)27(36-28)13-22(16)33-19/h11-15,36,39-40H,7-10H2,1-6H3/t32-/m1/s1. The van der Waals surface area contributed by atoms with Crippen molar-refractivity contribution in [1.29, 1.82) is 0 Å². The van der Waals surface area contributed by atoms with Crippen LogP contribution in [-0.2, 0) is 19.1 Å². The molecule has 0 spiro atoms. The molecule has 0 saturated carbocycles. The van der Waals surface area contributed by atoms with Crippen LogP contribution in [-0.4, -0.2) is 59.1 Å². The van der Waals surface area contributed by atoms with E-state index in [1.807, 2.05) is 39.0 Å². The summed E-state index contributed by atoms with van der Waals surface area (Å²) in [4.78, 5) is 38.7. The Morgan fingerprint density at radius 3 is 2.12 bits per heavy atom. The Morgan fingerprint density at radius 2 is 1.45 bits per heavy atom. The highest BCUT2D eigenvalue weighted by molar-refractivity contribution is 6.17. The van der Waals surface area contributed by atoms with Crippen LogP contribution in [0.4, 0.5) is 0 Å². The Balaban J connectivity index is 1.71. The number of aliphatic hydroxyl groups is 2. The number of ether oxygens (including phenoxy) is 2. The fourth-order valence-corrected chi connectivity index (χ4v) is 5.38. The SMILES string of the molecule is COC(=O)CCC1=C(C)C2=NC1=CC1=NC(=CC3=NC(=CC4=C(O)[C@](C)(O)C(=C2)N4)C(C)=C3)C(C)=C1CCC(=O)OC. The minimum atomic E-state index is -1.68. The quantitative estimate of drug-likeness (QED) is 0.399. The van der Waals surface area contributed by atoms with Gasteiger partial charge in [-0.25, -0.2) is 15.0 Å². The number of nitrogens with zero attached hydrogens (tertiary/aromatic N) is 3. The van der Waals surface area contributed by atoms with E-state index in [0.717, 1.165) is 27.9 Å². The van der Waals surface area contributed by atoms with Gasteiger partial charge < -0.3 is 25.0 Å². The van der Waals surface area contributed by atoms with Crippen LogP contribution in [0.2, 0.25) is 0 Å². The molecule has 8 bridgehead atoms. The van der Waals surface area contributed by atoms with Crippen molar-refractivity contribution in [3.63, 3.8) is 0 Å². The number of aliphatic hydroxyl groups excluding tert-OH is 1. The van der Waals surface area contributed by atoms with Crippen molar-refractivity contribution in [2.24, 2.45) is 15.0 Å². The first-order valence-electron chi connectivity index (χ1n) is 13.7. The van der Waals surface area contributed by atoms with Gasteiger partial charge in [0.1, 0.15) is 0 Å². The molecular weight excluding hydrogens is 536 g/mol. The van der Waals surface area contributed by atoms with E-state index >= 15 is 0 Å². The highest BCUT2D eigenvalue weighted by Gasteiger charge is 2.40. The van der Waals surface area contributed by atoms with E-state index in [1.165, 1.54) is 21.1 Å². The number of esters is 2. The molecule has 0 aromatic carbocycles. The van der Waals surface area contributed by atoms with E-state index in [1.54, 1.807) is 12.2 Å². The Hall–Kier alpha value is -4.57. The number of nitrogens with one attached hydrogen (secondary N) is 1. The topological polar surface area (TPSA) is 142 Å². The summed E-state index contributed by atoms with van der Waals surface area (Å²) in [6, 6.07) is 0. The number of allylic oxidation sites excluding steroid dienone is 10. The summed E-state index contributed by atoms with van der Waals surface area (Å²) in [7, 11) is 2.72. The summed E-state index contributed by atoms with van der Waals surface area (Å²) in [6.45, 7) is 7.30. The minimum Gasteiger partial charge on any atom is -0.507 e. The van der Waals surface area contributed by atoms with Crippen LogP contribution >= 0.6 is 0 Å². The third-order valence-corrected chi connectivity index (χ3v) is 8.04. The molecule has 0 amide bonds.